The number of allylic oxidation sites excluding steroid dienone is 2. The number of Topliss-reactive ketones (excluding diaryl/α,β-unsaturated/α-hetero) is 1. The van der Waals surface area contributed by atoms with Gasteiger partial charge in [0.15, 0.2) is 5.78 Å². The Morgan fingerprint density at radius 3 is 2.33 bits per heavy atom. The lowest BCUT2D eigenvalue weighted by atomic mass is 10.0. The molecule has 0 saturated carbocycles. The lowest BCUT2D eigenvalue weighted by Crippen LogP contribution is -2.16. The topological polar surface area (TPSA) is 46.6 Å². The second-order valence-corrected chi connectivity index (χ2v) is 4.81. The van der Waals surface area contributed by atoms with Gasteiger partial charge >= 0.3 is 5.97 Å². The molecule has 0 aromatic heterocycles. The Balaban J connectivity index is 3.17. The van der Waals surface area contributed by atoms with Crippen molar-refractivity contribution >= 4 is 11.8 Å². The fraction of sp³-hybridized carbons (Fsp3) is 0.294. The second-order valence-electron chi connectivity index (χ2n) is 4.81. The number of carbonyl (C=O) groups excluding carboxylic acids is 2. The van der Waals surface area contributed by atoms with Crippen molar-refractivity contribution in [3.8, 4) is 0 Å². The third-order valence-corrected chi connectivity index (χ3v) is 2.61. The SMILES string of the molecule is CCOC(=O)/C(=C/C(C)=C/N(C)C)C(=O)c1ccccc1. The van der Waals surface area contributed by atoms with E-state index in [4.69, 9.17) is 4.74 Å². The zero-order valence-corrected chi connectivity index (χ0v) is 12.9. The highest BCUT2D eigenvalue weighted by Gasteiger charge is 2.20. The van der Waals surface area contributed by atoms with Crippen molar-refractivity contribution in [2.75, 3.05) is 20.7 Å². The fourth-order valence-electron chi connectivity index (χ4n) is 1.84. The summed E-state index contributed by atoms with van der Waals surface area (Å²) in [7, 11) is 3.75. The minimum atomic E-state index is -0.599. The van der Waals surface area contributed by atoms with E-state index >= 15 is 0 Å². The molecular weight excluding hydrogens is 266 g/mol. The van der Waals surface area contributed by atoms with Crippen molar-refractivity contribution in [3.63, 3.8) is 0 Å². The van der Waals surface area contributed by atoms with Gasteiger partial charge in [0.25, 0.3) is 0 Å². The molecular formula is C17H21NO3. The molecule has 112 valence electrons. The van der Waals surface area contributed by atoms with Crippen LogP contribution in [0, 0.1) is 0 Å². The fourth-order valence-corrected chi connectivity index (χ4v) is 1.84. The summed E-state index contributed by atoms with van der Waals surface area (Å²) in [5.41, 5.74) is 1.31. The molecule has 0 atom stereocenters. The van der Waals surface area contributed by atoms with Crippen LogP contribution >= 0.6 is 0 Å². The van der Waals surface area contributed by atoms with Gasteiger partial charge in [-0.15, -0.1) is 0 Å². The molecule has 4 nitrogen and oxygen atoms in total. The minimum Gasteiger partial charge on any atom is -0.462 e. The van der Waals surface area contributed by atoms with Crippen LogP contribution in [-0.4, -0.2) is 37.4 Å². The van der Waals surface area contributed by atoms with Crippen LogP contribution < -0.4 is 0 Å². The van der Waals surface area contributed by atoms with E-state index in [9.17, 15) is 9.59 Å². The number of benzene rings is 1. The monoisotopic (exact) mass is 287 g/mol. The Hall–Kier alpha value is -2.36. The number of rotatable bonds is 6. The summed E-state index contributed by atoms with van der Waals surface area (Å²) in [5, 5.41) is 0. The van der Waals surface area contributed by atoms with Crippen LogP contribution in [0.4, 0.5) is 0 Å². The van der Waals surface area contributed by atoms with Gasteiger partial charge in [-0.2, -0.15) is 0 Å². The van der Waals surface area contributed by atoms with E-state index in [2.05, 4.69) is 0 Å². The maximum atomic E-state index is 12.5. The molecule has 1 rings (SSSR count). The van der Waals surface area contributed by atoms with Crippen molar-refractivity contribution in [1.29, 1.82) is 0 Å². The van der Waals surface area contributed by atoms with Crippen LogP contribution in [0.2, 0.25) is 0 Å². The van der Waals surface area contributed by atoms with Crippen LogP contribution in [0.5, 0.6) is 0 Å². The van der Waals surface area contributed by atoms with Crippen molar-refractivity contribution in [2.45, 2.75) is 13.8 Å². The molecule has 0 spiro atoms. The first-order chi connectivity index (χ1) is 9.95. The van der Waals surface area contributed by atoms with Gasteiger partial charge in [0, 0.05) is 25.9 Å². The summed E-state index contributed by atoms with van der Waals surface area (Å²) in [6, 6.07) is 8.71. The van der Waals surface area contributed by atoms with Gasteiger partial charge < -0.3 is 9.64 Å². The molecule has 0 saturated heterocycles. The average molecular weight is 287 g/mol. The standard InChI is InChI=1S/C17H21NO3/c1-5-21-17(20)15(11-13(2)12-18(3)4)16(19)14-9-7-6-8-10-14/h6-12H,5H2,1-4H3/b13-12+,15-11+. The Bertz CT molecular complexity index is 557. The highest BCUT2D eigenvalue weighted by Crippen LogP contribution is 2.13. The van der Waals surface area contributed by atoms with Crippen molar-refractivity contribution < 1.29 is 14.3 Å². The van der Waals surface area contributed by atoms with Crippen molar-refractivity contribution in [3.05, 3.63) is 59.3 Å². The molecule has 0 aliphatic rings. The summed E-state index contributed by atoms with van der Waals surface area (Å²) in [4.78, 5) is 26.3. The predicted octanol–water partition coefficient (Wildman–Crippen LogP) is 2.82. The summed E-state index contributed by atoms with van der Waals surface area (Å²) < 4.78 is 4.98. The van der Waals surface area contributed by atoms with E-state index in [1.165, 1.54) is 0 Å². The zero-order chi connectivity index (χ0) is 15.8. The van der Waals surface area contributed by atoms with Gasteiger partial charge in [0.1, 0.15) is 5.57 Å². The Kier molecular flexibility index (Phi) is 6.40. The van der Waals surface area contributed by atoms with Gasteiger partial charge in [-0.1, -0.05) is 30.3 Å². The van der Waals surface area contributed by atoms with Crippen LogP contribution in [0.3, 0.4) is 0 Å². The van der Waals surface area contributed by atoms with Gasteiger partial charge in [-0.05, 0) is 25.5 Å². The maximum absolute atomic E-state index is 12.5. The molecule has 1 aromatic carbocycles. The number of esters is 1. The molecule has 0 bridgehead atoms. The van der Waals surface area contributed by atoms with Crippen LogP contribution in [-0.2, 0) is 9.53 Å². The number of nitrogens with zero attached hydrogens (tertiary/aromatic N) is 1. The molecule has 0 amide bonds. The second kappa shape index (κ2) is 8.04. The lowest BCUT2D eigenvalue weighted by Gasteiger charge is -2.09. The van der Waals surface area contributed by atoms with E-state index < -0.39 is 5.97 Å². The molecule has 0 unspecified atom stereocenters. The molecule has 0 aliphatic carbocycles. The number of hydrogen-bond donors (Lipinski definition) is 0. The first-order valence-electron chi connectivity index (χ1n) is 6.79. The van der Waals surface area contributed by atoms with Crippen LogP contribution in [0.25, 0.3) is 0 Å². The number of ether oxygens (including phenoxy) is 1. The predicted molar refractivity (Wildman–Crippen MR) is 82.9 cm³/mol. The van der Waals surface area contributed by atoms with E-state index in [-0.39, 0.29) is 18.0 Å². The lowest BCUT2D eigenvalue weighted by molar-refractivity contribution is -0.138. The largest absolute Gasteiger partial charge is 0.462 e. The van der Waals surface area contributed by atoms with Crippen molar-refractivity contribution in [1.82, 2.24) is 4.90 Å². The van der Waals surface area contributed by atoms with Gasteiger partial charge in [-0.3, -0.25) is 4.79 Å². The third-order valence-electron chi connectivity index (χ3n) is 2.61. The molecule has 0 N–H and O–H groups in total. The van der Waals surface area contributed by atoms with Crippen LogP contribution in [0.1, 0.15) is 24.2 Å². The molecule has 21 heavy (non-hydrogen) atoms. The summed E-state index contributed by atoms with van der Waals surface area (Å²) in [6.07, 6.45) is 3.39. The van der Waals surface area contributed by atoms with Gasteiger partial charge in [0.05, 0.1) is 6.61 Å². The Morgan fingerprint density at radius 1 is 1.19 bits per heavy atom. The van der Waals surface area contributed by atoms with E-state index in [0.717, 1.165) is 5.57 Å². The zero-order valence-electron chi connectivity index (χ0n) is 12.9. The number of ketones is 1. The van der Waals surface area contributed by atoms with E-state index in [1.807, 2.05) is 38.2 Å². The van der Waals surface area contributed by atoms with E-state index in [1.54, 1.807) is 37.3 Å². The van der Waals surface area contributed by atoms with Gasteiger partial charge in [-0.25, -0.2) is 4.79 Å². The average Bonchev–Trinajstić information content (AvgIpc) is 2.44. The minimum absolute atomic E-state index is 0.0404. The molecule has 1 aromatic rings. The quantitative estimate of drug-likeness (QED) is 0.202. The highest BCUT2D eigenvalue weighted by atomic mass is 16.5. The smallest absolute Gasteiger partial charge is 0.342 e. The maximum Gasteiger partial charge on any atom is 0.342 e. The van der Waals surface area contributed by atoms with Gasteiger partial charge in [0.2, 0.25) is 0 Å². The third kappa shape index (κ3) is 5.26. The van der Waals surface area contributed by atoms with E-state index in [0.29, 0.717) is 5.56 Å². The summed E-state index contributed by atoms with van der Waals surface area (Å²) in [6.45, 7) is 3.78. The molecule has 4 heteroatoms. The number of hydrogen-bond acceptors (Lipinski definition) is 4. The normalized spacial score (nSPS) is 12.0. The molecule has 0 fully saturated rings. The van der Waals surface area contributed by atoms with Crippen molar-refractivity contribution in [2.24, 2.45) is 0 Å². The molecule has 0 aliphatic heterocycles. The first-order valence-corrected chi connectivity index (χ1v) is 6.79. The van der Waals surface area contributed by atoms with Crippen LogP contribution in [0.15, 0.2) is 53.8 Å². The Labute approximate surface area is 125 Å². The molecule has 0 heterocycles. The molecule has 0 radical (unpaired) electrons. The highest BCUT2D eigenvalue weighted by molar-refractivity contribution is 6.24. The first kappa shape index (κ1) is 16.7. The summed E-state index contributed by atoms with van der Waals surface area (Å²) in [5.74, 6) is -0.932. The Morgan fingerprint density at radius 2 is 1.81 bits per heavy atom. The summed E-state index contributed by atoms with van der Waals surface area (Å²) >= 11 is 0. The number of carbonyl (C=O) groups is 2.